The van der Waals surface area contributed by atoms with Crippen molar-refractivity contribution in [2.24, 2.45) is 0 Å². The van der Waals surface area contributed by atoms with Gasteiger partial charge in [0.15, 0.2) is 0 Å². The number of nitrogens with zero attached hydrogens (tertiary/aromatic N) is 1. The van der Waals surface area contributed by atoms with E-state index in [4.69, 9.17) is 5.11 Å². The molecule has 0 spiro atoms. The van der Waals surface area contributed by atoms with Gasteiger partial charge in [0.1, 0.15) is 11.9 Å². The number of carbonyl (C=O) groups excluding carboxylic acids is 1. The van der Waals surface area contributed by atoms with Crippen LogP contribution in [0.3, 0.4) is 0 Å². The van der Waals surface area contributed by atoms with Gasteiger partial charge in [-0.1, -0.05) is 12.1 Å². The number of rotatable bonds is 3. The summed E-state index contributed by atoms with van der Waals surface area (Å²) in [5.74, 6) is -1.45. The van der Waals surface area contributed by atoms with Crippen LogP contribution in [0.15, 0.2) is 18.2 Å². The lowest BCUT2D eigenvalue weighted by atomic mass is 10.1. The van der Waals surface area contributed by atoms with Gasteiger partial charge in [0.2, 0.25) is 5.91 Å². The highest BCUT2D eigenvalue weighted by atomic mass is 19.1. The topological polar surface area (TPSA) is 57.6 Å². The fraction of sp³-hybridized carbons (Fsp3) is 0.385. The van der Waals surface area contributed by atoms with E-state index in [2.05, 4.69) is 0 Å². The molecule has 1 aromatic carbocycles. The second-order valence-corrected chi connectivity index (χ2v) is 4.50. The maximum Gasteiger partial charge on any atom is 0.326 e. The molecular weight excluding hydrogens is 237 g/mol. The van der Waals surface area contributed by atoms with Crippen LogP contribution in [-0.4, -0.2) is 27.9 Å². The third-order valence-electron chi connectivity index (χ3n) is 3.19. The SMILES string of the molecule is Cc1cc(CN2C(=O)CCC2C(=O)O)ccc1F. The lowest BCUT2D eigenvalue weighted by Gasteiger charge is -2.21. The van der Waals surface area contributed by atoms with Gasteiger partial charge >= 0.3 is 5.97 Å². The highest BCUT2D eigenvalue weighted by molar-refractivity contribution is 5.87. The van der Waals surface area contributed by atoms with E-state index in [0.29, 0.717) is 12.0 Å². The van der Waals surface area contributed by atoms with Gasteiger partial charge in [0.05, 0.1) is 0 Å². The number of aryl methyl sites for hydroxylation is 1. The van der Waals surface area contributed by atoms with Crippen molar-refractivity contribution in [2.45, 2.75) is 32.4 Å². The Kier molecular flexibility index (Phi) is 3.32. The van der Waals surface area contributed by atoms with Gasteiger partial charge < -0.3 is 10.0 Å². The van der Waals surface area contributed by atoms with Crippen molar-refractivity contribution in [3.05, 3.63) is 35.1 Å². The molecule has 1 atom stereocenters. The second-order valence-electron chi connectivity index (χ2n) is 4.50. The average Bonchev–Trinajstić information content (AvgIpc) is 2.66. The van der Waals surface area contributed by atoms with Crippen LogP contribution < -0.4 is 0 Å². The lowest BCUT2D eigenvalue weighted by Crippen LogP contribution is -2.37. The Balaban J connectivity index is 2.18. The van der Waals surface area contributed by atoms with E-state index in [9.17, 15) is 14.0 Å². The normalized spacial score (nSPS) is 19.3. The molecule has 0 bridgehead atoms. The minimum absolute atomic E-state index is 0.163. The molecule has 1 aromatic rings. The predicted octanol–water partition coefficient (Wildman–Crippen LogP) is 1.71. The van der Waals surface area contributed by atoms with E-state index in [-0.39, 0.29) is 24.7 Å². The molecule has 1 saturated heterocycles. The number of carbonyl (C=O) groups is 2. The maximum absolute atomic E-state index is 13.1. The smallest absolute Gasteiger partial charge is 0.326 e. The Hall–Kier alpha value is -1.91. The zero-order valence-electron chi connectivity index (χ0n) is 10.0. The molecule has 96 valence electrons. The second kappa shape index (κ2) is 4.76. The maximum atomic E-state index is 13.1. The molecule has 0 aliphatic carbocycles. The van der Waals surface area contributed by atoms with Crippen LogP contribution in [0.2, 0.25) is 0 Å². The molecule has 1 aliphatic heterocycles. The molecule has 1 unspecified atom stereocenters. The summed E-state index contributed by atoms with van der Waals surface area (Å²) in [7, 11) is 0. The molecule has 1 amide bonds. The molecule has 5 heteroatoms. The zero-order chi connectivity index (χ0) is 13.3. The van der Waals surface area contributed by atoms with Crippen molar-refractivity contribution in [1.82, 2.24) is 4.90 Å². The fourth-order valence-electron chi connectivity index (χ4n) is 2.19. The number of aliphatic carboxylic acids is 1. The third kappa shape index (κ3) is 2.34. The Morgan fingerprint density at radius 3 is 2.89 bits per heavy atom. The first-order valence-electron chi connectivity index (χ1n) is 5.76. The van der Waals surface area contributed by atoms with Gasteiger partial charge in [0, 0.05) is 13.0 Å². The number of amides is 1. The van der Waals surface area contributed by atoms with Crippen LogP contribution in [0.5, 0.6) is 0 Å². The van der Waals surface area contributed by atoms with E-state index in [1.165, 1.54) is 11.0 Å². The van der Waals surface area contributed by atoms with E-state index in [1.54, 1.807) is 19.1 Å². The Morgan fingerprint density at radius 1 is 1.56 bits per heavy atom. The minimum atomic E-state index is -0.986. The monoisotopic (exact) mass is 251 g/mol. The van der Waals surface area contributed by atoms with Crippen molar-refractivity contribution in [1.29, 1.82) is 0 Å². The summed E-state index contributed by atoms with van der Waals surface area (Å²) in [6.45, 7) is 1.86. The zero-order valence-corrected chi connectivity index (χ0v) is 10.0. The Labute approximate surface area is 104 Å². The number of hydrogen-bond donors (Lipinski definition) is 1. The van der Waals surface area contributed by atoms with E-state index in [0.717, 1.165) is 5.56 Å². The van der Waals surface area contributed by atoms with Crippen molar-refractivity contribution in [3.8, 4) is 0 Å². The van der Waals surface area contributed by atoms with Crippen molar-refractivity contribution in [2.75, 3.05) is 0 Å². The van der Waals surface area contributed by atoms with E-state index < -0.39 is 12.0 Å². The summed E-state index contributed by atoms with van der Waals surface area (Å²) in [5, 5.41) is 9.02. The summed E-state index contributed by atoms with van der Waals surface area (Å²) in [6.07, 6.45) is 0.603. The van der Waals surface area contributed by atoms with Crippen LogP contribution in [0.4, 0.5) is 4.39 Å². The van der Waals surface area contributed by atoms with E-state index in [1.807, 2.05) is 0 Å². The number of hydrogen-bond acceptors (Lipinski definition) is 2. The molecule has 1 fully saturated rings. The number of carboxylic acid groups (broad SMARTS) is 1. The third-order valence-corrected chi connectivity index (χ3v) is 3.19. The van der Waals surface area contributed by atoms with Crippen molar-refractivity contribution >= 4 is 11.9 Å². The van der Waals surface area contributed by atoms with Crippen LogP contribution in [0.25, 0.3) is 0 Å². The van der Waals surface area contributed by atoms with Gasteiger partial charge in [-0.05, 0) is 30.5 Å². The molecule has 4 nitrogen and oxygen atoms in total. The van der Waals surface area contributed by atoms with Crippen LogP contribution in [0.1, 0.15) is 24.0 Å². The predicted molar refractivity (Wildman–Crippen MR) is 62.3 cm³/mol. The van der Waals surface area contributed by atoms with Gasteiger partial charge in [-0.25, -0.2) is 9.18 Å². The first kappa shape index (κ1) is 12.5. The molecule has 1 aliphatic rings. The largest absolute Gasteiger partial charge is 0.480 e. The van der Waals surface area contributed by atoms with Gasteiger partial charge in [-0.2, -0.15) is 0 Å². The molecule has 2 rings (SSSR count). The average molecular weight is 251 g/mol. The van der Waals surface area contributed by atoms with Crippen LogP contribution in [-0.2, 0) is 16.1 Å². The fourth-order valence-corrected chi connectivity index (χ4v) is 2.19. The number of likely N-dealkylation sites (tertiary alicyclic amines) is 1. The minimum Gasteiger partial charge on any atom is -0.480 e. The first-order chi connectivity index (χ1) is 8.49. The summed E-state index contributed by atoms with van der Waals surface area (Å²) in [5.41, 5.74) is 1.24. The van der Waals surface area contributed by atoms with Gasteiger partial charge in [-0.3, -0.25) is 4.79 Å². The molecular formula is C13H14FNO3. The lowest BCUT2D eigenvalue weighted by molar-refractivity contribution is -0.146. The van der Waals surface area contributed by atoms with Crippen LogP contribution >= 0.6 is 0 Å². The number of halogens is 1. The summed E-state index contributed by atoms with van der Waals surface area (Å²) in [4.78, 5) is 24.0. The highest BCUT2D eigenvalue weighted by Gasteiger charge is 2.35. The number of benzene rings is 1. The van der Waals surface area contributed by atoms with Crippen molar-refractivity contribution in [3.63, 3.8) is 0 Å². The Bertz CT molecular complexity index is 501. The molecule has 1 N–H and O–H groups in total. The molecule has 1 heterocycles. The molecule has 0 aromatic heterocycles. The quantitative estimate of drug-likeness (QED) is 0.889. The summed E-state index contributed by atoms with van der Waals surface area (Å²) < 4.78 is 13.1. The van der Waals surface area contributed by atoms with Crippen LogP contribution in [0, 0.1) is 12.7 Å². The molecule has 18 heavy (non-hydrogen) atoms. The van der Waals surface area contributed by atoms with Gasteiger partial charge in [-0.15, -0.1) is 0 Å². The summed E-state index contributed by atoms with van der Waals surface area (Å²) >= 11 is 0. The molecule has 0 saturated carbocycles. The Morgan fingerprint density at radius 2 is 2.28 bits per heavy atom. The van der Waals surface area contributed by atoms with E-state index >= 15 is 0 Å². The standard InChI is InChI=1S/C13H14FNO3/c1-8-6-9(2-3-10(8)14)7-15-11(13(17)18)4-5-12(15)16/h2-3,6,11H,4-5,7H2,1H3,(H,17,18). The highest BCUT2D eigenvalue weighted by Crippen LogP contribution is 2.22. The van der Waals surface area contributed by atoms with Gasteiger partial charge in [0.25, 0.3) is 0 Å². The first-order valence-corrected chi connectivity index (χ1v) is 5.76. The molecule has 0 radical (unpaired) electrons. The van der Waals surface area contributed by atoms with Crippen molar-refractivity contribution < 1.29 is 19.1 Å². The number of carboxylic acids is 1. The summed E-state index contributed by atoms with van der Waals surface area (Å²) in [6, 6.07) is 3.79.